The zero-order chi connectivity index (χ0) is 11.4. The van der Waals surface area contributed by atoms with E-state index in [-0.39, 0.29) is 5.75 Å². The molecule has 0 aromatic heterocycles. The van der Waals surface area contributed by atoms with Gasteiger partial charge in [-0.15, -0.1) is 0 Å². The molecule has 1 atom stereocenters. The van der Waals surface area contributed by atoms with Gasteiger partial charge in [-0.1, -0.05) is 26.0 Å². The molecule has 3 nitrogen and oxygen atoms in total. The number of nitrogens with two attached hydrogens (primary N) is 1. The van der Waals surface area contributed by atoms with Crippen molar-refractivity contribution in [2.45, 2.75) is 32.3 Å². The van der Waals surface area contributed by atoms with Crippen molar-refractivity contribution in [2.75, 3.05) is 6.54 Å². The third-order valence-electron chi connectivity index (χ3n) is 2.52. The molecule has 0 aliphatic carbocycles. The average Bonchev–Trinajstić information content (AvgIpc) is 2.17. The normalized spacial score (nSPS) is 13.1. The highest BCUT2D eigenvalue weighted by Gasteiger charge is 2.12. The van der Waals surface area contributed by atoms with E-state index in [1.807, 2.05) is 6.07 Å². The van der Waals surface area contributed by atoms with E-state index in [0.29, 0.717) is 24.4 Å². The molecule has 1 aromatic rings. The van der Waals surface area contributed by atoms with Crippen LogP contribution in [-0.4, -0.2) is 16.8 Å². The topological polar surface area (TPSA) is 66.5 Å². The van der Waals surface area contributed by atoms with Crippen molar-refractivity contribution < 1.29 is 10.2 Å². The second-order valence-corrected chi connectivity index (χ2v) is 4.07. The highest BCUT2D eigenvalue weighted by atomic mass is 16.3. The van der Waals surface area contributed by atoms with Gasteiger partial charge in [-0.25, -0.2) is 0 Å². The summed E-state index contributed by atoms with van der Waals surface area (Å²) in [6.45, 7) is 4.53. The minimum Gasteiger partial charge on any atom is -0.508 e. The molecule has 0 aliphatic rings. The predicted octanol–water partition coefficient (Wildman–Crippen LogP) is 1.90. The van der Waals surface area contributed by atoms with Crippen LogP contribution in [0.4, 0.5) is 0 Å². The predicted molar refractivity (Wildman–Crippen MR) is 60.8 cm³/mol. The number of aliphatic hydroxyl groups is 1. The van der Waals surface area contributed by atoms with E-state index in [0.717, 1.165) is 5.56 Å². The Bertz CT molecular complexity index is 323. The van der Waals surface area contributed by atoms with E-state index in [1.165, 1.54) is 0 Å². The van der Waals surface area contributed by atoms with Crippen molar-refractivity contribution in [2.24, 2.45) is 5.73 Å². The lowest BCUT2D eigenvalue weighted by Crippen LogP contribution is -2.07. The number of hydrogen-bond donors (Lipinski definition) is 3. The number of rotatable bonds is 4. The number of aliphatic hydroxyl groups excluding tert-OH is 1. The first-order chi connectivity index (χ1) is 7.06. The Morgan fingerprint density at radius 3 is 2.47 bits per heavy atom. The van der Waals surface area contributed by atoms with E-state index in [4.69, 9.17) is 5.73 Å². The Kier molecular flexibility index (Phi) is 4.12. The number of phenols is 1. The third kappa shape index (κ3) is 2.94. The molecule has 1 aromatic carbocycles. The Balaban J connectivity index is 2.92. The van der Waals surface area contributed by atoms with Gasteiger partial charge in [-0.05, 0) is 30.5 Å². The smallest absolute Gasteiger partial charge is 0.121 e. The molecule has 1 rings (SSSR count). The zero-order valence-corrected chi connectivity index (χ0v) is 9.27. The number of hydrogen-bond acceptors (Lipinski definition) is 3. The van der Waals surface area contributed by atoms with Crippen LogP contribution in [0.2, 0.25) is 0 Å². The van der Waals surface area contributed by atoms with Crippen LogP contribution in [0.3, 0.4) is 0 Å². The van der Waals surface area contributed by atoms with Crippen molar-refractivity contribution in [1.29, 1.82) is 0 Å². The summed E-state index contributed by atoms with van der Waals surface area (Å²) in [5.41, 5.74) is 6.98. The lowest BCUT2D eigenvalue weighted by atomic mass is 9.98. The van der Waals surface area contributed by atoms with Gasteiger partial charge < -0.3 is 15.9 Å². The van der Waals surface area contributed by atoms with E-state index in [1.54, 1.807) is 12.1 Å². The van der Waals surface area contributed by atoms with Gasteiger partial charge in [0.1, 0.15) is 5.75 Å². The summed E-state index contributed by atoms with van der Waals surface area (Å²) in [5.74, 6) is 0.527. The molecule has 1 unspecified atom stereocenters. The van der Waals surface area contributed by atoms with Gasteiger partial charge in [-0.2, -0.15) is 0 Å². The van der Waals surface area contributed by atoms with E-state index >= 15 is 0 Å². The fourth-order valence-electron chi connectivity index (χ4n) is 1.51. The summed E-state index contributed by atoms with van der Waals surface area (Å²) < 4.78 is 0. The van der Waals surface area contributed by atoms with Crippen molar-refractivity contribution in [3.63, 3.8) is 0 Å². The maximum atomic E-state index is 9.74. The fraction of sp³-hybridized carbons (Fsp3) is 0.500. The molecule has 0 amide bonds. The van der Waals surface area contributed by atoms with Gasteiger partial charge in [0, 0.05) is 5.56 Å². The van der Waals surface area contributed by atoms with Crippen LogP contribution in [0.15, 0.2) is 18.2 Å². The molecular weight excluding hydrogens is 190 g/mol. The summed E-state index contributed by atoms with van der Waals surface area (Å²) in [6, 6.07) is 5.41. The third-order valence-corrected chi connectivity index (χ3v) is 2.52. The molecule has 0 bridgehead atoms. The van der Waals surface area contributed by atoms with E-state index in [2.05, 4.69) is 13.8 Å². The quantitative estimate of drug-likeness (QED) is 0.709. The van der Waals surface area contributed by atoms with Gasteiger partial charge in [-0.3, -0.25) is 0 Å². The summed E-state index contributed by atoms with van der Waals surface area (Å²) >= 11 is 0. The summed E-state index contributed by atoms with van der Waals surface area (Å²) in [6.07, 6.45) is -0.203. The highest BCUT2D eigenvalue weighted by Crippen LogP contribution is 2.29. The van der Waals surface area contributed by atoms with Crippen LogP contribution in [0.5, 0.6) is 5.75 Å². The monoisotopic (exact) mass is 209 g/mol. The van der Waals surface area contributed by atoms with Crippen LogP contribution in [-0.2, 0) is 0 Å². The molecule has 4 N–H and O–H groups in total. The van der Waals surface area contributed by atoms with Gasteiger partial charge in [0.25, 0.3) is 0 Å². The molecular formula is C12H19NO2. The van der Waals surface area contributed by atoms with Gasteiger partial charge in [0.2, 0.25) is 0 Å². The summed E-state index contributed by atoms with van der Waals surface area (Å²) in [7, 11) is 0. The fourth-order valence-corrected chi connectivity index (χ4v) is 1.51. The summed E-state index contributed by atoms with van der Waals surface area (Å²) in [5, 5.41) is 19.4. The molecule has 0 heterocycles. The Morgan fingerprint density at radius 1 is 1.33 bits per heavy atom. The molecule has 84 valence electrons. The van der Waals surface area contributed by atoms with Gasteiger partial charge >= 0.3 is 0 Å². The second-order valence-electron chi connectivity index (χ2n) is 4.07. The van der Waals surface area contributed by atoms with Crippen molar-refractivity contribution >= 4 is 0 Å². The van der Waals surface area contributed by atoms with E-state index in [9.17, 15) is 10.2 Å². The second kappa shape index (κ2) is 5.14. The maximum absolute atomic E-state index is 9.74. The minimum atomic E-state index is -0.670. The molecule has 0 aliphatic heterocycles. The van der Waals surface area contributed by atoms with Crippen molar-refractivity contribution in [3.05, 3.63) is 29.3 Å². The molecule has 0 fully saturated rings. The Labute approximate surface area is 90.5 Å². The van der Waals surface area contributed by atoms with Crippen molar-refractivity contribution in [3.8, 4) is 5.75 Å². The molecule has 0 saturated carbocycles. The van der Waals surface area contributed by atoms with Crippen LogP contribution >= 0.6 is 0 Å². The number of benzene rings is 1. The Morgan fingerprint density at radius 2 is 2.00 bits per heavy atom. The number of aromatic hydroxyl groups is 1. The van der Waals surface area contributed by atoms with Crippen molar-refractivity contribution in [1.82, 2.24) is 0 Å². The first kappa shape index (κ1) is 12.0. The largest absolute Gasteiger partial charge is 0.508 e. The maximum Gasteiger partial charge on any atom is 0.121 e. The Hall–Kier alpha value is -1.06. The van der Waals surface area contributed by atoms with E-state index < -0.39 is 6.10 Å². The molecule has 15 heavy (non-hydrogen) atoms. The molecule has 0 radical (unpaired) electrons. The SMILES string of the molecule is CC(C)c1ccc(C(O)CCN)c(O)c1. The molecule has 3 heteroatoms. The minimum absolute atomic E-state index is 0.155. The summed E-state index contributed by atoms with van der Waals surface area (Å²) in [4.78, 5) is 0. The lowest BCUT2D eigenvalue weighted by molar-refractivity contribution is 0.166. The zero-order valence-electron chi connectivity index (χ0n) is 9.27. The lowest BCUT2D eigenvalue weighted by Gasteiger charge is -2.13. The first-order valence-corrected chi connectivity index (χ1v) is 5.27. The standard InChI is InChI=1S/C12H19NO2/c1-8(2)9-3-4-10(12(15)7-9)11(14)5-6-13/h3-4,7-8,11,14-15H,5-6,13H2,1-2H3. The van der Waals surface area contributed by atoms with Crippen LogP contribution in [0.25, 0.3) is 0 Å². The van der Waals surface area contributed by atoms with Crippen LogP contribution < -0.4 is 5.73 Å². The molecule has 0 saturated heterocycles. The van der Waals surface area contributed by atoms with Crippen LogP contribution in [0.1, 0.15) is 43.4 Å². The average molecular weight is 209 g/mol. The highest BCUT2D eigenvalue weighted by molar-refractivity contribution is 5.38. The number of phenolic OH excluding ortho intramolecular Hbond substituents is 1. The van der Waals surface area contributed by atoms with Gasteiger partial charge in [0.15, 0.2) is 0 Å². The molecule has 0 spiro atoms. The van der Waals surface area contributed by atoms with Crippen LogP contribution in [0, 0.1) is 0 Å². The first-order valence-electron chi connectivity index (χ1n) is 5.27. The van der Waals surface area contributed by atoms with Gasteiger partial charge in [0.05, 0.1) is 6.10 Å².